The molecule has 0 saturated heterocycles. The van der Waals surface area contributed by atoms with Crippen LogP contribution < -0.4 is 10.6 Å². The quantitative estimate of drug-likeness (QED) is 0.599. The largest absolute Gasteiger partial charge is 0.322 e. The number of aromatic nitrogens is 2. The Hall–Kier alpha value is -3.26. The van der Waals surface area contributed by atoms with Gasteiger partial charge in [0.15, 0.2) is 0 Å². The van der Waals surface area contributed by atoms with E-state index in [0.717, 1.165) is 22.3 Å². The first-order valence-corrected chi connectivity index (χ1v) is 8.60. The summed E-state index contributed by atoms with van der Waals surface area (Å²) >= 11 is 3.36. The van der Waals surface area contributed by atoms with E-state index in [1.54, 1.807) is 10.9 Å². The van der Waals surface area contributed by atoms with Crippen LogP contribution in [0, 0.1) is 5.82 Å². The summed E-state index contributed by atoms with van der Waals surface area (Å²) in [4.78, 5) is 23.8. The van der Waals surface area contributed by atoms with E-state index in [0.29, 0.717) is 11.3 Å². The molecule has 3 aromatic rings. The molecule has 0 fully saturated rings. The predicted molar refractivity (Wildman–Crippen MR) is 104 cm³/mol. The summed E-state index contributed by atoms with van der Waals surface area (Å²) in [5, 5.41) is 9.16. The van der Waals surface area contributed by atoms with Gasteiger partial charge in [-0.05, 0) is 48.5 Å². The van der Waals surface area contributed by atoms with E-state index in [1.165, 1.54) is 18.3 Å². The maximum atomic E-state index is 13.8. The van der Waals surface area contributed by atoms with Crippen molar-refractivity contribution in [2.24, 2.45) is 0 Å². The zero-order valence-electron chi connectivity index (χ0n) is 13.9. The highest BCUT2D eigenvalue weighted by atomic mass is 79.9. The molecule has 0 bridgehead atoms. The van der Waals surface area contributed by atoms with Gasteiger partial charge in [-0.1, -0.05) is 22.5 Å². The van der Waals surface area contributed by atoms with Gasteiger partial charge in [0.05, 0.1) is 23.1 Å². The van der Waals surface area contributed by atoms with Gasteiger partial charge in [-0.2, -0.15) is 5.10 Å². The number of rotatable bonds is 5. The monoisotopic (exact) mass is 428 g/mol. The van der Waals surface area contributed by atoms with Crippen LogP contribution >= 0.6 is 15.9 Å². The first-order chi connectivity index (χ1) is 13.0. The number of amides is 2. The maximum Gasteiger partial charge on any atom is 0.258 e. The molecular weight excluding hydrogens is 415 g/mol. The average molecular weight is 429 g/mol. The van der Waals surface area contributed by atoms with Gasteiger partial charge < -0.3 is 10.6 Å². The Bertz CT molecular complexity index is 1010. The smallest absolute Gasteiger partial charge is 0.258 e. The van der Waals surface area contributed by atoms with E-state index in [1.807, 2.05) is 24.3 Å². The minimum absolute atomic E-state index is 0.0525. The summed E-state index contributed by atoms with van der Waals surface area (Å²) in [5.41, 5.74) is 1.41. The molecular formula is C19H14BrFN4O2. The first kappa shape index (κ1) is 18.5. The third-order valence-electron chi connectivity index (χ3n) is 3.60. The fourth-order valence-electron chi connectivity index (χ4n) is 2.26. The van der Waals surface area contributed by atoms with Crippen molar-refractivity contribution in [3.63, 3.8) is 0 Å². The topological polar surface area (TPSA) is 76.0 Å². The minimum atomic E-state index is -0.619. The number of nitrogens with one attached hydrogen (secondary N) is 2. The van der Waals surface area contributed by atoms with Gasteiger partial charge in [-0.25, -0.2) is 9.07 Å². The summed E-state index contributed by atoms with van der Waals surface area (Å²) in [6.07, 6.45) is 4.05. The number of benzene rings is 2. The van der Waals surface area contributed by atoms with E-state index >= 15 is 0 Å². The zero-order chi connectivity index (χ0) is 19.4. The fraction of sp³-hybridized carbons (Fsp3) is 0. The van der Waals surface area contributed by atoms with Crippen LogP contribution in [0.15, 0.2) is 72.0 Å². The second kappa shape index (κ2) is 7.96. The van der Waals surface area contributed by atoms with Crippen LogP contribution in [0.2, 0.25) is 0 Å². The van der Waals surface area contributed by atoms with Crippen molar-refractivity contribution < 1.29 is 14.0 Å². The zero-order valence-corrected chi connectivity index (χ0v) is 15.5. The van der Waals surface area contributed by atoms with Crippen molar-refractivity contribution in [2.45, 2.75) is 0 Å². The van der Waals surface area contributed by atoms with Gasteiger partial charge in [0.1, 0.15) is 5.82 Å². The van der Waals surface area contributed by atoms with Crippen molar-refractivity contribution in [2.75, 3.05) is 10.6 Å². The van der Waals surface area contributed by atoms with Crippen LogP contribution in [0.3, 0.4) is 0 Å². The molecule has 1 aromatic heterocycles. The Morgan fingerprint density at radius 1 is 1.15 bits per heavy atom. The second-order valence-corrected chi connectivity index (χ2v) is 6.41. The van der Waals surface area contributed by atoms with Crippen LogP contribution in [0.4, 0.5) is 15.8 Å². The van der Waals surface area contributed by atoms with Gasteiger partial charge in [0.25, 0.3) is 5.91 Å². The maximum absolute atomic E-state index is 13.8. The molecule has 3 rings (SSSR count). The van der Waals surface area contributed by atoms with Crippen LogP contribution in [0.5, 0.6) is 0 Å². The van der Waals surface area contributed by atoms with Crippen LogP contribution in [0.25, 0.3) is 5.69 Å². The second-order valence-electron chi connectivity index (χ2n) is 5.49. The Kier molecular flexibility index (Phi) is 5.46. The standard InChI is InChI=1S/C19H14BrFN4O2/c1-2-18(26)24-17-9-14(5-8-16(17)21)23-19(27)12-10-22-25(11-12)15-6-3-13(20)4-7-15/h2-11H,1H2,(H,23,27)(H,24,26). The van der Waals surface area contributed by atoms with Crippen molar-refractivity contribution in [1.82, 2.24) is 9.78 Å². The fourth-order valence-corrected chi connectivity index (χ4v) is 2.53. The molecule has 0 saturated carbocycles. The van der Waals surface area contributed by atoms with Gasteiger partial charge >= 0.3 is 0 Å². The molecule has 0 aliphatic heterocycles. The molecule has 0 aliphatic rings. The van der Waals surface area contributed by atoms with E-state index in [2.05, 4.69) is 38.2 Å². The lowest BCUT2D eigenvalue weighted by molar-refractivity contribution is -0.111. The highest BCUT2D eigenvalue weighted by Crippen LogP contribution is 2.21. The van der Waals surface area contributed by atoms with Crippen LogP contribution in [-0.2, 0) is 4.79 Å². The number of carbonyl (C=O) groups excluding carboxylic acids is 2. The highest BCUT2D eigenvalue weighted by molar-refractivity contribution is 9.10. The lowest BCUT2D eigenvalue weighted by Gasteiger charge is -2.08. The van der Waals surface area contributed by atoms with Crippen LogP contribution in [0.1, 0.15) is 10.4 Å². The minimum Gasteiger partial charge on any atom is -0.322 e. The molecule has 0 aliphatic carbocycles. The molecule has 136 valence electrons. The Morgan fingerprint density at radius 3 is 2.59 bits per heavy atom. The molecule has 0 radical (unpaired) electrons. The molecule has 6 nitrogen and oxygen atoms in total. The van der Waals surface area contributed by atoms with Crippen molar-refractivity contribution >= 4 is 39.1 Å². The number of halogens is 2. The molecule has 8 heteroatoms. The van der Waals surface area contributed by atoms with Crippen molar-refractivity contribution in [3.05, 3.63) is 83.4 Å². The summed E-state index contributed by atoms with van der Waals surface area (Å²) in [6.45, 7) is 3.31. The number of nitrogens with zero attached hydrogens (tertiary/aromatic N) is 2. The molecule has 1 heterocycles. The lowest BCUT2D eigenvalue weighted by atomic mass is 10.2. The lowest BCUT2D eigenvalue weighted by Crippen LogP contribution is -2.13. The Labute approximate surface area is 162 Å². The van der Waals surface area contributed by atoms with E-state index in [9.17, 15) is 14.0 Å². The summed E-state index contributed by atoms with van der Waals surface area (Å²) < 4.78 is 16.3. The number of carbonyl (C=O) groups is 2. The normalized spacial score (nSPS) is 10.3. The van der Waals surface area contributed by atoms with Crippen LogP contribution in [-0.4, -0.2) is 21.6 Å². The van der Waals surface area contributed by atoms with Gasteiger partial charge in [-0.3, -0.25) is 9.59 Å². The van der Waals surface area contributed by atoms with E-state index in [-0.39, 0.29) is 5.69 Å². The molecule has 2 amide bonds. The summed E-state index contributed by atoms with van der Waals surface area (Å²) in [7, 11) is 0. The van der Waals surface area contributed by atoms with E-state index < -0.39 is 17.6 Å². The highest BCUT2D eigenvalue weighted by Gasteiger charge is 2.12. The number of hydrogen-bond acceptors (Lipinski definition) is 3. The van der Waals surface area contributed by atoms with Crippen molar-refractivity contribution in [3.8, 4) is 5.69 Å². The third-order valence-corrected chi connectivity index (χ3v) is 4.13. The SMILES string of the molecule is C=CC(=O)Nc1cc(NC(=O)c2cnn(-c3ccc(Br)cc3)c2)ccc1F. The predicted octanol–water partition coefficient (Wildman–Crippen LogP) is 4.15. The van der Waals surface area contributed by atoms with E-state index in [4.69, 9.17) is 0 Å². The molecule has 0 unspecified atom stereocenters. The van der Waals surface area contributed by atoms with Gasteiger partial charge in [-0.15, -0.1) is 0 Å². The molecule has 2 N–H and O–H groups in total. The first-order valence-electron chi connectivity index (χ1n) is 7.81. The summed E-state index contributed by atoms with van der Waals surface area (Å²) in [5.74, 6) is -1.58. The van der Waals surface area contributed by atoms with Crippen molar-refractivity contribution in [1.29, 1.82) is 0 Å². The molecule has 2 aromatic carbocycles. The summed E-state index contributed by atoms with van der Waals surface area (Å²) in [6, 6.07) is 11.3. The Morgan fingerprint density at radius 2 is 1.89 bits per heavy atom. The molecule has 0 spiro atoms. The molecule has 0 atom stereocenters. The molecule has 27 heavy (non-hydrogen) atoms. The third kappa shape index (κ3) is 4.48. The number of anilines is 2. The van der Waals surface area contributed by atoms with Gasteiger partial charge in [0.2, 0.25) is 5.91 Å². The number of hydrogen-bond donors (Lipinski definition) is 2. The van der Waals surface area contributed by atoms with Gasteiger partial charge in [0, 0.05) is 16.4 Å². The Balaban J connectivity index is 1.76. The average Bonchev–Trinajstić information content (AvgIpc) is 3.15.